The highest BCUT2D eigenvalue weighted by Crippen LogP contribution is 2.39. The lowest BCUT2D eigenvalue weighted by atomic mass is 9.81. The topological polar surface area (TPSA) is 47.6 Å². The maximum Gasteiger partial charge on any atom is 0.128 e. The number of benzene rings is 1. The van der Waals surface area contributed by atoms with Crippen molar-refractivity contribution in [1.29, 1.82) is 0 Å². The van der Waals surface area contributed by atoms with Crippen molar-refractivity contribution >= 4 is 17.6 Å². The normalized spacial score (nSPS) is 26.9. The fourth-order valence-corrected chi connectivity index (χ4v) is 3.61. The van der Waals surface area contributed by atoms with Gasteiger partial charge >= 0.3 is 0 Å². The Morgan fingerprint density at radius 1 is 1.50 bits per heavy atom. The Morgan fingerprint density at radius 3 is 2.95 bits per heavy atom. The molecule has 1 aliphatic rings. The summed E-state index contributed by atoms with van der Waals surface area (Å²) < 4.78 is 19.8. The lowest BCUT2D eigenvalue weighted by Gasteiger charge is -2.33. The van der Waals surface area contributed by atoms with Crippen LogP contribution in [0, 0.1) is 11.7 Å². The summed E-state index contributed by atoms with van der Waals surface area (Å²) in [6.07, 6.45) is 0. The molecule has 2 N–H and O–H groups in total. The molecule has 1 aromatic rings. The molecule has 0 bridgehead atoms. The molecule has 0 spiro atoms. The van der Waals surface area contributed by atoms with Gasteiger partial charge in [-0.05, 0) is 19.9 Å². The maximum absolute atomic E-state index is 14.2. The van der Waals surface area contributed by atoms with Crippen molar-refractivity contribution < 1.29 is 9.13 Å². The summed E-state index contributed by atoms with van der Waals surface area (Å²) in [5, 5.41) is 0. The first-order valence-corrected chi connectivity index (χ1v) is 7.98. The van der Waals surface area contributed by atoms with Crippen LogP contribution in [0.1, 0.15) is 19.4 Å². The molecule has 0 aliphatic carbocycles. The highest BCUT2D eigenvalue weighted by Gasteiger charge is 2.39. The molecule has 0 saturated carbocycles. The third kappa shape index (κ3) is 3.15. The van der Waals surface area contributed by atoms with E-state index in [-0.39, 0.29) is 11.7 Å². The molecule has 1 aliphatic heterocycles. The van der Waals surface area contributed by atoms with E-state index in [4.69, 9.17) is 10.5 Å². The van der Waals surface area contributed by atoms with Crippen molar-refractivity contribution in [2.24, 2.45) is 16.6 Å². The van der Waals surface area contributed by atoms with Gasteiger partial charge in [0.15, 0.2) is 0 Å². The van der Waals surface area contributed by atoms with E-state index in [0.717, 1.165) is 5.75 Å². The van der Waals surface area contributed by atoms with E-state index in [9.17, 15) is 4.39 Å². The van der Waals surface area contributed by atoms with Gasteiger partial charge in [0.2, 0.25) is 0 Å². The average molecular weight is 296 g/mol. The standard InChI is InChI=1S/C15H21FN2OS/c1-3-19-8-11-9-20-10-14(17)18-15(11,2)12-6-4-5-7-13(12)16/h4-7,11H,3,8-10H2,1-2H3,(H2,17,18)/t11-,15-/m0/s1. The minimum Gasteiger partial charge on any atom is -0.387 e. The number of thioether (sulfide) groups is 1. The number of nitrogens with two attached hydrogens (primary N) is 1. The van der Waals surface area contributed by atoms with E-state index >= 15 is 0 Å². The van der Waals surface area contributed by atoms with Crippen LogP contribution in [0.5, 0.6) is 0 Å². The molecule has 0 fully saturated rings. The van der Waals surface area contributed by atoms with Gasteiger partial charge in [0.1, 0.15) is 11.7 Å². The molecule has 1 aromatic carbocycles. The fraction of sp³-hybridized carbons (Fsp3) is 0.533. The number of hydrogen-bond donors (Lipinski definition) is 1. The number of nitrogens with zero attached hydrogens (tertiary/aromatic N) is 1. The van der Waals surface area contributed by atoms with Gasteiger partial charge in [-0.15, -0.1) is 0 Å². The van der Waals surface area contributed by atoms with Crippen LogP contribution >= 0.6 is 11.8 Å². The van der Waals surface area contributed by atoms with Crippen LogP contribution in [0.15, 0.2) is 29.3 Å². The SMILES string of the molecule is CCOC[C@H]1CSCC(N)=N[C@]1(C)c1ccccc1F. The van der Waals surface area contributed by atoms with Crippen molar-refractivity contribution in [2.45, 2.75) is 19.4 Å². The molecule has 110 valence electrons. The van der Waals surface area contributed by atoms with Crippen LogP contribution in [0.3, 0.4) is 0 Å². The first-order chi connectivity index (χ1) is 9.58. The number of rotatable bonds is 4. The summed E-state index contributed by atoms with van der Waals surface area (Å²) in [7, 11) is 0. The van der Waals surface area contributed by atoms with Gasteiger partial charge in [-0.25, -0.2) is 4.39 Å². The molecule has 2 atom stereocenters. The predicted octanol–water partition coefficient (Wildman–Crippen LogP) is 2.80. The summed E-state index contributed by atoms with van der Waals surface area (Å²) >= 11 is 1.73. The van der Waals surface area contributed by atoms with Crippen molar-refractivity contribution in [3.63, 3.8) is 0 Å². The first-order valence-electron chi connectivity index (χ1n) is 6.82. The van der Waals surface area contributed by atoms with E-state index in [2.05, 4.69) is 4.99 Å². The molecule has 0 radical (unpaired) electrons. The van der Waals surface area contributed by atoms with E-state index in [0.29, 0.717) is 30.4 Å². The highest BCUT2D eigenvalue weighted by atomic mass is 32.2. The van der Waals surface area contributed by atoms with Crippen LogP contribution in [-0.4, -0.2) is 30.6 Å². The summed E-state index contributed by atoms with van der Waals surface area (Å²) in [6, 6.07) is 6.80. The number of ether oxygens (including phenoxy) is 1. The van der Waals surface area contributed by atoms with E-state index < -0.39 is 5.54 Å². The lowest BCUT2D eigenvalue weighted by molar-refractivity contribution is 0.0887. The van der Waals surface area contributed by atoms with Crippen LogP contribution in [0.4, 0.5) is 4.39 Å². The zero-order valence-electron chi connectivity index (χ0n) is 11.9. The highest BCUT2D eigenvalue weighted by molar-refractivity contribution is 7.99. The van der Waals surface area contributed by atoms with Crippen molar-refractivity contribution in [3.8, 4) is 0 Å². The molecule has 0 saturated heterocycles. The summed E-state index contributed by atoms with van der Waals surface area (Å²) in [4.78, 5) is 4.63. The monoisotopic (exact) mass is 296 g/mol. The Balaban J connectivity index is 2.43. The molecule has 1 heterocycles. The smallest absolute Gasteiger partial charge is 0.128 e. The van der Waals surface area contributed by atoms with E-state index in [1.54, 1.807) is 23.9 Å². The predicted molar refractivity (Wildman–Crippen MR) is 82.7 cm³/mol. The van der Waals surface area contributed by atoms with Crippen LogP contribution < -0.4 is 5.73 Å². The van der Waals surface area contributed by atoms with Crippen LogP contribution in [0.2, 0.25) is 0 Å². The molecule has 0 amide bonds. The molecule has 0 unspecified atom stereocenters. The number of halogens is 1. The zero-order valence-corrected chi connectivity index (χ0v) is 12.8. The third-order valence-corrected chi connectivity index (χ3v) is 4.82. The summed E-state index contributed by atoms with van der Waals surface area (Å²) in [6.45, 7) is 5.12. The quantitative estimate of drug-likeness (QED) is 0.929. The first kappa shape index (κ1) is 15.3. The second-order valence-electron chi connectivity index (χ2n) is 5.10. The Morgan fingerprint density at radius 2 is 2.25 bits per heavy atom. The van der Waals surface area contributed by atoms with E-state index in [1.165, 1.54) is 6.07 Å². The molecule has 3 nitrogen and oxygen atoms in total. The molecule has 20 heavy (non-hydrogen) atoms. The lowest BCUT2D eigenvalue weighted by Crippen LogP contribution is -2.36. The maximum atomic E-state index is 14.2. The van der Waals surface area contributed by atoms with Gasteiger partial charge < -0.3 is 10.5 Å². The van der Waals surface area contributed by atoms with Crippen LogP contribution in [0.25, 0.3) is 0 Å². The number of amidine groups is 1. The van der Waals surface area contributed by atoms with Crippen molar-refractivity contribution in [1.82, 2.24) is 0 Å². The second-order valence-corrected chi connectivity index (χ2v) is 6.13. The summed E-state index contributed by atoms with van der Waals surface area (Å²) in [5.41, 5.74) is 5.87. The Bertz CT molecular complexity index is 495. The largest absolute Gasteiger partial charge is 0.387 e. The third-order valence-electron chi connectivity index (χ3n) is 3.68. The van der Waals surface area contributed by atoms with Gasteiger partial charge in [0.25, 0.3) is 0 Å². The second kappa shape index (κ2) is 6.59. The molecule has 0 aromatic heterocycles. The van der Waals surface area contributed by atoms with Gasteiger partial charge in [0, 0.05) is 23.8 Å². The Labute approximate surface area is 123 Å². The van der Waals surface area contributed by atoms with Gasteiger partial charge in [-0.2, -0.15) is 11.8 Å². The minimum atomic E-state index is -0.673. The molecule has 5 heteroatoms. The van der Waals surface area contributed by atoms with Gasteiger partial charge in [0.05, 0.1) is 17.9 Å². The number of aliphatic imine (C=N–C) groups is 1. The number of hydrogen-bond acceptors (Lipinski definition) is 4. The Kier molecular flexibility index (Phi) is 5.05. The molecule has 2 rings (SSSR count). The van der Waals surface area contributed by atoms with Gasteiger partial charge in [-0.3, -0.25) is 4.99 Å². The molecular weight excluding hydrogens is 275 g/mol. The van der Waals surface area contributed by atoms with Crippen LogP contribution in [-0.2, 0) is 10.3 Å². The Hall–Kier alpha value is -1.07. The average Bonchev–Trinajstić information content (AvgIpc) is 2.56. The fourth-order valence-electron chi connectivity index (χ4n) is 2.51. The zero-order chi connectivity index (χ0) is 14.6. The molecular formula is C15H21FN2OS. The van der Waals surface area contributed by atoms with E-state index in [1.807, 2.05) is 19.9 Å². The van der Waals surface area contributed by atoms with Crippen molar-refractivity contribution in [3.05, 3.63) is 35.6 Å². The minimum absolute atomic E-state index is 0.102. The van der Waals surface area contributed by atoms with Crippen molar-refractivity contribution in [2.75, 3.05) is 24.7 Å². The van der Waals surface area contributed by atoms with Gasteiger partial charge in [-0.1, -0.05) is 18.2 Å². The summed E-state index contributed by atoms with van der Waals surface area (Å²) in [5.74, 6) is 1.98.